The Hall–Kier alpha value is -2.80. The van der Waals surface area contributed by atoms with Crippen molar-refractivity contribution in [2.24, 2.45) is 0 Å². The lowest BCUT2D eigenvalue weighted by atomic mass is 9.99. The van der Waals surface area contributed by atoms with Gasteiger partial charge in [-0.15, -0.1) is 0 Å². The van der Waals surface area contributed by atoms with Crippen molar-refractivity contribution in [3.8, 4) is 0 Å². The number of rotatable bonds is 3. The Kier molecular flexibility index (Phi) is 3.47. The van der Waals surface area contributed by atoms with Crippen molar-refractivity contribution in [1.82, 2.24) is 0 Å². The van der Waals surface area contributed by atoms with Gasteiger partial charge in [0.1, 0.15) is 0 Å². The van der Waals surface area contributed by atoms with E-state index in [2.05, 4.69) is 96.8 Å². The zero-order valence-corrected chi connectivity index (χ0v) is 13.2. The highest BCUT2D eigenvalue weighted by molar-refractivity contribution is 6.12. The molecule has 0 saturated heterocycles. The standard InChI is InChI=1S/C22H19N/c1-2-23(19-12-4-3-5-13-19)22-20-14-8-6-10-17(20)16-18-11-7-9-15-21(18)22/h3-16H,2H2,1H3. The number of anilines is 2. The molecule has 0 atom stereocenters. The highest BCUT2D eigenvalue weighted by atomic mass is 15.1. The summed E-state index contributed by atoms with van der Waals surface area (Å²) in [6.45, 7) is 3.14. The first-order chi connectivity index (χ1) is 11.4. The summed E-state index contributed by atoms with van der Waals surface area (Å²) in [4.78, 5) is 2.41. The molecule has 0 N–H and O–H groups in total. The van der Waals surface area contributed by atoms with E-state index in [1.165, 1.54) is 32.9 Å². The van der Waals surface area contributed by atoms with Crippen molar-refractivity contribution in [1.29, 1.82) is 0 Å². The van der Waals surface area contributed by atoms with Gasteiger partial charge in [0, 0.05) is 23.0 Å². The van der Waals surface area contributed by atoms with Gasteiger partial charge in [0.25, 0.3) is 0 Å². The van der Waals surface area contributed by atoms with Gasteiger partial charge in [-0.05, 0) is 35.9 Å². The molecule has 0 heterocycles. The monoisotopic (exact) mass is 297 g/mol. The average Bonchev–Trinajstić information content (AvgIpc) is 2.62. The summed E-state index contributed by atoms with van der Waals surface area (Å²) in [5.41, 5.74) is 2.53. The van der Waals surface area contributed by atoms with E-state index in [0.717, 1.165) is 6.54 Å². The van der Waals surface area contributed by atoms with Crippen LogP contribution in [-0.2, 0) is 0 Å². The van der Waals surface area contributed by atoms with Gasteiger partial charge in [-0.25, -0.2) is 0 Å². The van der Waals surface area contributed by atoms with Gasteiger partial charge in [-0.2, -0.15) is 0 Å². The maximum Gasteiger partial charge on any atom is 0.0569 e. The third-order valence-corrected chi connectivity index (χ3v) is 4.40. The van der Waals surface area contributed by atoms with Crippen molar-refractivity contribution in [3.05, 3.63) is 84.9 Å². The van der Waals surface area contributed by atoms with Crippen LogP contribution in [-0.4, -0.2) is 6.54 Å². The average molecular weight is 297 g/mol. The van der Waals surface area contributed by atoms with Crippen LogP contribution in [0.15, 0.2) is 84.9 Å². The predicted molar refractivity (Wildman–Crippen MR) is 101 cm³/mol. The second kappa shape index (κ2) is 5.77. The summed E-state index contributed by atoms with van der Waals surface area (Å²) in [5.74, 6) is 0. The Bertz CT molecular complexity index is 903. The van der Waals surface area contributed by atoms with E-state index in [1.807, 2.05) is 0 Å². The number of nitrogens with zero attached hydrogens (tertiary/aromatic N) is 1. The lowest BCUT2D eigenvalue weighted by Gasteiger charge is -2.26. The number of hydrogen-bond acceptors (Lipinski definition) is 1. The molecule has 0 spiro atoms. The molecule has 4 rings (SSSR count). The van der Waals surface area contributed by atoms with E-state index < -0.39 is 0 Å². The molecule has 4 aromatic rings. The summed E-state index contributed by atoms with van der Waals surface area (Å²) in [6, 6.07) is 30.2. The second-order valence-electron chi connectivity index (χ2n) is 5.75. The zero-order valence-electron chi connectivity index (χ0n) is 13.2. The topological polar surface area (TPSA) is 3.24 Å². The molecule has 0 aliphatic carbocycles. The van der Waals surface area contributed by atoms with Crippen LogP contribution >= 0.6 is 0 Å². The van der Waals surface area contributed by atoms with Crippen LogP contribution in [0.4, 0.5) is 11.4 Å². The van der Waals surface area contributed by atoms with Crippen molar-refractivity contribution >= 4 is 32.9 Å². The minimum Gasteiger partial charge on any atom is -0.341 e. The van der Waals surface area contributed by atoms with Crippen molar-refractivity contribution in [2.45, 2.75) is 6.92 Å². The molecule has 1 nitrogen and oxygen atoms in total. The normalized spacial score (nSPS) is 11.0. The molecule has 0 unspecified atom stereocenters. The van der Waals surface area contributed by atoms with Gasteiger partial charge in [0.05, 0.1) is 5.69 Å². The van der Waals surface area contributed by atoms with E-state index in [9.17, 15) is 0 Å². The van der Waals surface area contributed by atoms with E-state index in [0.29, 0.717) is 0 Å². The van der Waals surface area contributed by atoms with E-state index in [4.69, 9.17) is 0 Å². The summed E-state index contributed by atoms with van der Waals surface area (Å²) in [5, 5.41) is 5.18. The number of benzene rings is 4. The molecule has 0 radical (unpaired) electrons. The Balaban J connectivity index is 2.10. The molecule has 0 amide bonds. The minimum atomic E-state index is 0.933. The molecule has 4 aromatic carbocycles. The van der Waals surface area contributed by atoms with Gasteiger partial charge >= 0.3 is 0 Å². The molecular weight excluding hydrogens is 278 g/mol. The Labute approximate surface area is 136 Å². The van der Waals surface area contributed by atoms with Crippen LogP contribution in [0.2, 0.25) is 0 Å². The molecule has 0 aliphatic heterocycles. The first-order valence-corrected chi connectivity index (χ1v) is 8.11. The van der Waals surface area contributed by atoms with Gasteiger partial charge < -0.3 is 4.90 Å². The minimum absolute atomic E-state index is 0.933. The maximum atomic E-state index is 2.41. The summed E-state index contributed by atoms with van der Waals surface area (Å²) < 4.78 is 0. The number of para-hydroxylation sites is 1. The first kappa shape index (κ1) is 13.8. The highest BCUT2D eigenvalue weighted by Gasteiger charge is 2.14. The third kappa shape index (κ3) is 2.35. The fourth-order valence-corrected chi connectivity index (χ4v) is 3.36. The van der Waals surface area contributed by atoms with E-state index >= 15 is 0 Å². The Morgan fingerprint density at radius 2 is 1.17 bits per heavy atom. The second-order valence-corrected chi connectivity index (χ2v) is 5.75. The Morgan fingerprint density at radius 3 is 1.74 bits per heavy atom. The predicted octanol–water partition coefficient (Wildman–Crippen LogP) is 6.15. The quantitative estimate of drug-likeness (QED) is 0.410. The zero-order chi connectivity index (χ0) is 15.6. The number of hydrogen-bond donors (Lipinski definition) is 0. The fourth-order valence-electron chi connectivity index (χ4n) is 3.36. The lowest BCUT2D eigenvalue weighted by molar-refractivity contribution is 1.04. The molecular formula is C22H19N. The third-order valence-electron chi connectivity index (χ3n) is 4.40. The van der Waals surface area contributed by atoms with Crippen LogP contribution in [0.5, 0.6) is 0 Å². The highest BCUT2D eigenvalue weighted by Crippen LogP contribution is 2.38. The molecule has 0 aliphatic rings. The van der Waals surface area contributed by atoms with Crippen molar-refractivity contribution in [2.75, 3.05) is 11.4 Å². The smallest absolute Gasteiger partial charge is 0.0569 e. The summed E-state index contributed by atoms with van der Waals surface area (Å²) >= 11 is 0. The van der Waals surface area contributed by atoms with Crippen LogP contribution < -0.4 is 4.90 Å². The van der Waals surface area contributed by atoms with Crippen LogP contribution in [0.1, 0.15) is 6.92 Å². The van der Waals surface area contributed by atoms with Crippen LogP contribution in [0.25, 0.3) is 21.5 Å². The molecule has 0 fully saturated rings. The van der Waals surface area contributed by atoms with Crippen molar-refractivity contribution < 1.29 is 0 Å². The van der Waals surface area contributed by atoms with Crippen LogP contribution in [0, 0.1) is 0 Å². The van der Waals surface area contributed by atoms with Gasteiger partial charge in [-0.3, -0.25) is 0 Å². The lowest BCUT2D eigenvalue weighted by Crippen LogP contribution is -2.16. The van der Waals surface area contributed by atoms with Gasteiger partial charge in [0.15, 0.2) is 0 Å². The van der Waals surface area contributed by atoms with E-state index in [1.54, 1.807) is 0 Å². The molecule has 0 saturated carbocycles. The summed E-state index contributed by atoms with van der Waals surface area (Å²) in [7, 11) is 0. The van der Waals surface area contributed by atoms with Gasteiger partial charge in [-0.1, -0.05) is 66.7 Å². The van der Waals surface area contributed by atoms with Crippen molar-refractivity contribution in [3.63, 3.8) is 0 Å². The molecule has 1 heteroatoms. The molecule has 112 valence electrons. The Morgan fingerprint density at radius 1 is 0.652 bits per heavy atom. The molecule has 23 heavy (non-hydrogen) atoms. The SMILES string of the molecule is CCN(c1ccccc1)c1c2ccccc2cc2ccccc12. The number of fused-ring (bicyclic) bond motifs is 2. The van der Waals surface area contributed by atoms with Crippen LogP contribution in [0.3, 0.4) is 0 Å². The molecule has 0 bridgehead atoms. The maximum absolute atomic E-state index is 2.41. The van der Waals surface area contributed by atoms with E-state index in [-0.39, 0.29) is 0 Å². The first-order valence-electron chi connectivity index (χ1n) is 8.11. The molecule has 0 aromatic heterocycles. The van der Waals surface area contributed by atoms with Gasteiger partial charge in [0.2, 0.25) is 0 Å². The summed E-state index contributed by atoms with van der Waals surface area (Å²) in [6.07, 6.45) is 0. The fraction of sp³-hybridized carbons (Fsp3) is 0.0909. The largest absolute Gasteiger partial charge is 0.341 e.